The third-order valence-corrected chi connectivity index (χ3v) is 1.82. The molecule has 6 heteroatoms. The van der Waals surface area contributed by atoms with Gasteiger partial charge in [0.15, 0.2) is 0 Å². The van der Waals surface area contributed by atoms with Crippen molar-refractivity contribution in [3.63, 3.8) is 0 Å². The molecule has 0 fully saturated rings. The van der Waals surface area contributed by atoms with Gasteiger partial charge in [-0.05, 0) is 12.1 Å². The number of rotatable bonds is 1. The predicted molar refractivity (Wildman–Crippen MR) is 60.1 cm³/mol. The van der Waals surface area contributed by atoms with E-state index in [4.69, 9.17) is 20.7 Å². The van der Waals surface area contributed by atoms with Gasteiger partial charge in [0.25, 0.3) is 6.26 Å². The highest BCUT2D eigenvalue weighted by atomic mass is 16.2. The van der Waals surface area contributed by atoms with Crippen LogP contribution in [-0.4, -0.2) is 9.67 Å². The van der Waals surface area contributed by atoms with Crippen LogP contribution in [0.3, 0.4) is 0 Å². The van der Waals surface area contributed by atoms with Crippen molar-refractivity contribution in [3.05, 3.63) is 49.1 Å². The summed E-state index contributed by atoms with van der Waals surface area (Å²) in [6.07, 6.45) is 7.34. The Morgan fingerprint density at radius 1 is 1.28 bits per heavy atom. The van der Waals surface area contributed by atoms with Gasteiger partial charge in [-0.15, -0.1) is 0 Å². The van der Waals surface area contributed by atoms with Crippen LogP contribution in [0.4, 0.5) is 0 Å². The van der Waals surface area contributed by atoms with Gasteiger partial charge in [0, 0.05) is 6.26 Å². The molecule has 1 heterocycles. The van der Waals surface area contributed by atoms with Crippen molar-refractivity contribution in [3.8, 4) is 18.2 Å². The van der Waals surface area contributed by atoms with Crippen LogP contribution in [0.2, 0.25) is 0 Å². The largest absolute Gasteiger partial charge is 0.812 e. The summed E-state index contributed by atoms with van der Waals surface area (Å²) in [5.74, 6) is 0. The number of hydrogen-bond donors (Lipinski definition) is 1. The molecule has 0 unspecified atom stereocenters. The monoisotopic (exact) mass is 244 g/mol. The van der Waals surface area contributed by atoms with Gasteiger partial charge in [-0.25, -0.2) is 14.4 Å². The molecule has 0 saturated carbocycles. The van der Waals surface area contributed by atoms with Gasteiger partial charge >= 0.3 is 0 Å². The first-order valence-electron chi connectivity index (χ1n) is 4.82. The molecule has 1 aromatic heterocycles. The van der Waals surface area contributed by atoms with E-state index in [0.717, 1.165) is 6.26 Å². The molecule has 0 aliphatic heterocycles. The second-order valence-electron chi connectivity index (χ2n) is 3.01. The lowest BCUT2D eigenvalue weighted by Gasteiger charge is -1.91. The van der Waals surface area contributed by atoms with Crippen molar-refractivity contribution in [1.82, 2.24) is 4.57 Å². The van der Waals surface area contributed by atoms with Crippen molar-refractivity contribution in [2.75, 3.05) is 0 Å². The highest BCUT2D eigenvalue weighted by Gasteiger charge is 2.00. The summed E-state index contributed by atoms with van der Waals surface area (Å²) in [6, 6.07) is 10.3. The Kier molecular flexibility index (Phi) is 7.71. The Bertz CT molecular complexity index is 511. The maximum absolute atomic E-state index is 8.24. The summed E-state index contributed by atoms with van der Waals surface area (Å²) in [4.78, 5) is 0. The number of para-hydroxylation sites is 1. The van der Waals surface area contributed by atoms with E-state index < -0.39 is 0 Å². The zero-order chi connectivity index (χ0) is 13.8. The molecular weight excluding hydrogens is 232 g/mol. The smallest absolute Gasteiger partial charge is 0.283 e. The van der Waals surface area contributed by atoms with Crippen LogP contribution in [0.15, 0.2) is 49.1 Å². The van der Waals surface area contributed by atoms with E-state index in [1.165, 1.54) is 5.69 Å². The molecule has 92 valence electrons. The summed E-state index contributed by atoms with van der Waals surface area (Å²) < 4.78 is 4.10. The van der Waals surface area contributed by atoms with Gasteiger partial charge < -0.3 is 10.2 Å². The fraction of sp³-hybridized carbons (Fsp3) is 0.0833. The SMILES string of the molecule is Cn1cc[n+](-c2ccccc2)c1.N#CO.N#C[O-]. The highest BCUT2D eigenvalue weighted by Crippen LogP contribution is 1.96. The van der Waals surface area contributed by atoms with E-state index in [1.807, 2.05) is 48.5 Å². The Morgan fingerprint density at radius 3 is 2.17 bits per heavy atom. The molecule has 0 radical (unpaired) electrons. The second kappa shape index (κ2) is 9.25. The average molecular weight is 244 g/mol. The quantitative estimate of drug-likeness (QED) is 0.562. The first-order valence-corrected chi connectivity index (χ1v) is 4.82. The van der Waals surface area contributed by atoms with E-state index in [1.54, 1.807) is 0 Å². The van der Waals surface area contributed by atoms with Gasteiger partial charge in [-0.2, -0.15) is 5.26 Å². The lowest BCUT2D eigenvalue weighted by Crippen LogP contribution is -2.26. The van der Waals surface area contributed by atoms with Crippen LogP contribution in [0.5, 0.6) is 0 Å². The fourth-order valence-electron chi connectivity index (χ4n) is 1.20. The molecule has 0 spiro atoms. The lowest BCUT2D eigenvalue weighted by atomic mass is 10.3. The van der Waals surface area contributed by atoms with E-state index in [9.17, 15) is 0 Å². The van der Waals surface area contributed by atoms with Gasteiger partial charge in [-0.1, -0.05) is 18.2 Å². The lowest BCUT2D eigenvalue weighted by molar-refractivity contribution is -0.595. The first kappa shape index (κ1) is 15.0. The topological polar surface area (TPSA) is 99.7 Å². The minimum atomic E-state index is 0.500. The van der Waals surface area contributed by atoms with Gasteiger partial charge in [-0.3, -0.25) is 0 Å². The van der Waals surface area contributed by atoms with E-state index >= 15 is 0 Å². The summed E-state index contributed by atoms with van der Waals surface area (Å²) in [5.41, 5.74) is 1.19. The Balaban J connectivity index is 0.000000414. The van der Waals surface area contributed by atoms with Crippen LogP contribution < -0.4 is 9.67 Å². The number of nitriles is 2. The summed E-state index contributed by atoms with van der Waals surface area (Å²) in [5, 5.41) is 28.8. The van der Waals surface area contributed by atoms with Crippen LogP contribution in [0.25, 0.3) is 5.69 Å². The molecular formula is C12H12N4O2. The number of aliphatic hydroxyl groups is 1. The number of imidazole rings is 1. The number of aryl methyl sites for hydroxylation is 1. The van der Waals surface area contributed by atoms with Gasteiger partial charge in [0.1, 0.15) is 18.1 Å². The van der Waals surface area contributed by atoms with Crippen molar-refractivity contribution in [2.45, 2.75) is 0 Å². The Morgan fingerprint density at radius 2 is 1.78 bits per heavy atom. The van der Waals surface area contributed by atoms with Crippen molar-refractivity contribution < 1.29 is 14.8 Å². The van der Waals surface area contributed by atoms with Crippen molar-refractivity contribution in [2.24, 2.45) is 7.05 Å². The maximum atomic E-state index is 8.24. The minimum absolute atomic E-state index is 0.500. The summed E-state index contributed by atoms with van der Waals surface area (Å²) >= 11 is 0. The molecule has 1 aromatic carbocycles. The highest BCUT2D eigenvalue weighted by molar-refractivity contribution is 5.20. The second-order valence-corrected chi connectivity index (χ2v) is 3.01. The first-order chi connectivity index (χ1) is 8.69. The molecule has 2 rings (SSSR count). The molecule has 0 atom stereocenters. The van der Waals surface area contributed by atoms with Gasteiger partial charge in [0.2, 0.25) is 6.33 Å². The average Bonchev–Trinajstić information content (AvgIpc) is 2.79. The number of aromatic nitrogens is 2. The minimum Gasteiger partial charge on any atom is -0.812 e. The van der Waals surface area contributed by atoms with Crippen molar-refractivity contribution in [1.29, 1.82) is 10.5 Å². The zero-order valence-corrected chi connectivity index (χ0v) is 9.76. The van der Waals surface area contributed by atoms with Gasteiger partial charge in [0.05, 0.1) is 7.05 Å². The van der Waals surface area contributed by atoms with Crippen LogP contribution in [0, 0.1) is 23.0 Å². The van der Waals surface area contributed by atoms with Crippen LogP contribution in [0.1, 0.15) is 0 Å². The molecule has 0 aliphatic rings. The zero-order valence-electron chi connectivity index (χ0n) is 9.76. The fourth-order valence-corrected chi connectivity index (χ4v) is 1.20. The number of benzene rings is 1. The Hall–Kier alpha value is -2.99. The Labute approximate surface area is 105 Å². The normalized spacial score (nSPS) is 7.50. The molecule has 0 aliphatic carbocycles. The maximum Gasteiger partial charge on any atom is 0.283 e. The standard InChI is InChI=1S/C10H11N2.2CHNO/c1-11-7-8-12(9-11)10-5-3-2-4-6-10;2*2-1-3/h2-9H,1H3;2*3H/q+1;;/p-1. The number of aliphatic hydroxyl groups excluding tert-OH is 1. The molecule has 1 N–H and O–H groups in total. The van der Waals surface area contributed by atoms with E-state index in [2.05, 4.69) is 16.7 Å². The molecule has 0 bridgehead atoms. The van der Waals surface area contributed by atoms with Crippen molar-refractivity contribution >= 4 is 0 Å². The number of hydrogen-bond acceptors (Lipinski definition) is 4. The molecule has 0 amide bonds. The van der Waals surface area contributed by atoms with E-state index in [-0.39, 0.29) is 0 Å². The summed E-state index contributed by atoms with van der Waals surface area (Å²) in [6.45, 7) is 0. The van der Waals surface area contributed by atoms with E-state index in [0.29, 0.717) is 6.26 Å². The number of nitrogens with zero attached hydrogens (tertiary/aromatic N) is 4. The van der Waals surface area contributed by atoms with Crippen LogP contribution >= 0.6 is 0 Å². The molecule has 0 saturated heterocycles. The third-order valence-electron chi connectivity index (χ3n) is 1.82. The molecule has 6 nitrogen and oxygen atoms in total. The predicted octanol–water partition coefficient (Wildman–Crippen LogP) is -0.0304. The molecule has 2 aromatic rings. The summed E-state index contributed by atoms with van der Waals surface area (Å²) in [7, 11) is 2.01. The van der Waals surface area contributed by atoms with Crippen LogP contribution in [-0.2, 0) is 7.05 Å². The molecule has 18 heavy (non-hydrogen) atoms. The third kappa shape index (κ3) is 5.79.